The molecule has 0 aliphatic carbocycles. The third-order valence-electron chi connectivity index (χ3n) is 17.0. The van der Waals surface area contributed by atoms with E-state index in [9.17, 15) is 78.0 Å². The quantitative estimate of drug-likeness (QED) is 0.0228. The monoisotopic (exact) mass is 1410 g/mol. The largest absolute Gasteiger partial charge is 0.508 e. The molecule has 2 aromatic rings. The number of carboxylic acids is 1. The highest BCUT2D eigenvalue weighted by Crippen LogP contribution is 2.25. The van der Waals surface area contributed by atoms with Crippen LogP contribution in [0.5, 0.6) is 5.75 Å². The SMILES string of the molecule is CC(C)C[C@H](CC(=O)[C@H](CCCN=C(N)N)NC(=O)[C@@H](CC(=O)[C@H](CCCCN)NC(=O)[C@H](CC(=O)O)CC(=O)[C@@H](NC(=O)[C@@H](CC(=O)[C@H](CO)NC(=O)[C@H](CCCN=C(N)N)CC(=O)[C@H](CC(C)C)NC(=O)[C@@H](C)CCCCN)Cc1cnc[nH]1)[C@@H](C)O)Cc1ccc(O)cc1)C(N)=O. The number of H-pyrrole nitrogens is 1. The van der Waals surface area contributed by atoms with E-state index < -0.39 is 175 Å². The second kappa shape index (κ2) is 46.6. The number of aliphatic hydroxyl groups excluding tert-OH is 2. The van der Waals surface area contributed by atoms with Crippen LogP contribution in [-0.4, -0.2) is 182 Å². The molecule has 6 amide bonds. The number of guanidine groups is 2. The summed E-state index contributed by atoms with van der Waals surface area (Å²) in [7, 11) is 0. The van der Waals surface area contributed by atoms with Gasteiger partial charge in [-0.2, -0.15) is 0 Å². The fourth-order valence-corrected chi connectivity index (χ4v) is 11.5. The highest BCUT2D eigenvalue weighted by atomic mass is 16.4. The number of nitrogens with two attached hydrogens (primary N) is 7. The molecular formula is C68H112N16O16. The molecule has 0 bridgehead atoms. The summed E-state index contributed by atoms with van der Waals surface area (Å²) in [5.74, 6) is -17.4. The number of aromatic amines is 1. The van der Waals surface area contributed by atoms with Gasteiger partial charge in [-0.1, -0.05) is 53.2 Å². The minimum absolute atomic E-state index is 0.00686. The molecule has 1 aromatic heterocycles. The summed E-state index contributed by atoms with van der Waals surface area (Å²) < 4.78 is 0. The number of aromatic nitrogens is 2. The minimum Gasteiger partial charge on any atom is -0.508 e. The predicted molar refractivity (Wildman–Crippen MR) is 373 cm³/mol. The molecule has 0 unspecified atom stereocenters. The van der Waals surface area contributed by atoms with Gasteiger partial charge in [0.1, 0.15) is 17.8 Å². The summed E-state index contributed by atoms with van der Waals surface area (Å²) in [5.41, 5.74) is 40.0. The molecule has 24 N–H and O–H groups in total. The number of ketones is 5. The van der Waals surface area contributed by atoms with Gasteiger partial charge < -0.3 is 92.1 Å². The Balaban J connectivity index is 2.53. The normalized spacial score (nSPS) is 15.0. The number of aliphatic hydroxyl groups is 2. The number of aliphatic carboxylic acids is 1. The number of primary amides is 1. The van der Waals surface area contributed by atoms with Crippen molar-refractivity contribution in [2.45, 2.75) is 206 Å². The van der Waals surface area contributed by atoms with E-state index >= 15 is 0 Å². The number of phenolic OH excluding ortho intramolecular Hbond substituents is 1. The molecule has 0 radical (unpaired) electrons. The predicted octanol–water partition coefficient (Wildman–Crippen LogP) is -0.372. The van der Waals surface area contributed by atoms with Crippen LogP contribution in [0, 0.1) is 47.3 Å². The standard InChI is InChI=1S/C68H112N16O16/c1-38(2)25-44(61(71)95)30-54(88)51(16-12-24-78-68(74)75)81-64(98)45(27-42-17-19-49(87)20-18-42)31-55(89)50(15-8-10-22-70)80-65(99)47(34-59(93)94)33-58(92)60(41(6)86)84-66(100)46(28-48-35-76-37-79-48)32-57(91)53(36-85)83-63(97)43(14-11-23-77-67(72)73)29-56(90)52(26-39(3)4)82-62(96)40(5)13-7-9-21-69/h17-20,35,37-41,43-47,50-53,60,85-87H,7-16,21-34,36,69-70H2,1-6H3,(H2,71,95)(H,76,79)(H,80,99)(H,81,98)(H,82,96)(H,83,97)(H,84,100)(H,93,94)(H4,72,73,77)(H4,74,75,78)/t40-,41+,43+,44+,45+,46+,47-,50-,51-,52-,53-,60-/m0/s1. The van der Waals surface area contributed by atoms with Crippen LogP contribution < -0.4 is 66.7 Å². The fourth-order valence-electron chi connectivity index (χ4n) is 11.5. The number of nitrogens with zero attached hydrogens (tertiary/aromatic N) is 3. The first kappa shape index (κ1) is 87.3. The lowest BCUT2D eigenvalue weighted by Gasteiger charge is -2.27. The molecule has 560 valence electrons. The van der Waals surface area contributed by atoms with E-state index in [-0.39, 0.29) is 126 Å². The Bertz CT molecular complexity index is 3010. The Morgan fingerprint density at radius 1 is 0.500 bits per heavy atom. The number of carboxylic acid groups (broad SMARTS) is 1. The third-order valence-corrected chi connectivity index (χ3v) is 17.0. The zero-order valence-corrected chi connectivity index (χ0v) is 58.8. The van der Waals surface area contributed by atoms with Gasteiger partial charge in [0.15, 0.2) is 40.8 Å². The summed E-state index contributed by atoms with van der Waals surface area (Å²) in [6, 6.07) is -1.38. The van der Waals surface area contributed by atoms with E-state index in [1.165, 1.54) is 36.8 Å². The molecule has 1 aromatic carbocycles. The van der Waals surface area contributed by atoms with Crippen molar-refractivity contribution in [1.29, 1.82) is 0 Å². The molecule has 0 aliphatic heterocycles. The van der Waals surface area contributed by atoms with Crippen molar-refractivity contribution in [2.75, 3.05) is 32.8 Å². The van der Waals surface area contributed by atoms with Crippen molar-refractivity contribution in [2.24, 2.45) is 97.5 Å². The van der Waals surface area contributed by atoms with E-state index in [2.05, 4.69) is 46.5 Å². The minimum atomic E-state index is -1.86. The summed E-state index contributed by atoms with van der Waals surface area (Å²) in [6.45, 7) is 10.1. The fraction of sp³-hybridized carbons (Fsp3) is 0.662. The number of benzene rings is 1. The molecular weight excluding hydrogens is 1300 g/mol. The zero-order chi connectivity index (χ0) is 75.2. The Morgan fingerprint density at radius 2 is 0.950 bits per heavy atom. The van der Waals surface area contributed by atoms with Crippen LogP contribution in [0.15, 0.2) is 46.8 Å². The van der Waals surface area contributed by atoms with Gasteiger partial charge in [-0.3, -0.25) is 67.5 Å². The molecule has 1 heterocycles. The van der Waals surface area contributed by atoms with Gasteiger partial charge >= 0.3 is 5.97 Å². The van der Waals surface area contributed by atoms with Crippen molar-refractivity contribution in [3.63, 3.8) is 0 Å². The Kier molecular flexibility index (Phi) is 40.7. The number of amides is 6. The molecule has 0 aliphatic rings. The number of aliphatic imine (C=N–C) groups is 2. The molecule has 0 saturated carbocycles. The summed E-state index contributed by atoms with van der Waals surface area (Å²) in [6.07, 6.45) is -0.0439. The topological polar surface area (TPSA) is 581 Å². The number of rotatable bonds is 54. The number of phenols is 1. The zero-order valence-electron chi connectivity index (χ0n) is 58.8. The van der Waals surface area contributed by atoms with Crippen LogP contribution in [-0.2, 0) is 70.4 Å². The number of imidazole rings is 1. The maximum absolute atomic E-state index is 14.7. The van der Waals surface area contributed by atoms with Crippen molar-refractivity contribution in [1.82, 2.24) is 36.6 Å². The smallest absolute Gasteiger partial charge is 0.304 e. The van der Waals surface area contributed by atoms with E-state index in [1.807, 2.05) is 27.7 Å². The lowest BCUT2D eigenvalue weighted by Crippen LogP contribution is -2.52. The summed E-state index contributed by atoms with van der Waals surface area (Å²) >= 11 is 0. The van der Waals surface area contributed by atoms with E-state index in [1.54, 1.807) is 6.92 Å². The van der Waals surface area contributed by atoms with Crippen LogP contribution in [0.1, 0.15) is 168 Å². The van der Waals surface area contributed by atoms with Crippen LogP contribution in [0.3, 0.4) is 0 Å². The Morgan fingerprint density at radius 3 is 1.45 bits per heavy atom. The number of Topliss-reactive ketones (excluding diaryl/α,β-unsaturated/α-hetero) is 5. The van der Waals surface area contributed by atoms with E-state index in [0.29, 0.717) is 43.5 Å². The van der Waals surface area contributed by atoms with E-state index in [0.717, 1.165) is 6.92 Å². The van der Waals surface area contributed by atoms with Crippen LogP contribution in [0.2, 0.25) is 0 Å². The second-order valence-corrected chi connectivity index (χ2v) is 26.8. The van der Waals surface area contributed by atoms with Crippen molar-refractivity contribution in [3.8, 4) is 5.75 Å². The number of carbonyl (C=O) groups is 12. The first-order chi connectivity index (χ1) is 47.2. The summed E-state index contributed by atoms with van der Waals surface area (Å²) in [5, 5.41) is 55.1. The van der Waals surface area contributed by atoms with Gasteiger partial charge in [0.2, 0.25) is 35.4 Å². The second-order valence-electron chi connectivity index (χ2n) is 26.8. The lowest BCUT2D eigenvalue weighted by atomic mass is 9.87. The molecule has 0 fully saturated rings. The molecule has 2 rings (SSSR count). The number of carbonyl (C=O) groups excluding carboxylic acids is 11. The maximum atomic E-state index is 14.7. The van der Waals surface area contributed by atoms with Gasteiger partial charge in [-0.25, -0.2) is 4.98 Å². The third kappa shape index (κ3) is 34.4. The molecule has 32 heteroatoms. The van der Waals surface area contributed by atoms with Gasteiger partial charge in [-0.05, 0) is 127 Å². The lowest BCUT2D eigenvalue weighted by molar-refractivity contribution is -0.143. The molecule has 0 spiro atoms. The molecule has 100 heavy (non-hydrogen) atoms. The van der Waals surface area contributed by atoms with Crippen LogP contribution in [0.25, 0.3) is 0 Å². The number of nitrogens with one attached hydrogen (secondary N) is 6. The summed E-state index contributed by atoms with van der Waals surface area (Å²) in [4.78, 5) is 182. The molecule has 12 atom stereocenters. The van der Waals surface area contributed by atoms with Crippen molar-refractivity contribution >= 4 is 82.2 Å². The molecule has 0 saturated heterocycles. The van der Waals surface area contributed by atoms with Crippen molar-refractivity contribution in [3.05, 3.63) is 48.0 Å². The average Bonchev–Trinajstić information content (AvgIpc) is 0.950. The van der Waals surface area contributed by atoms with Gasteiger partial charge in [0, 0.05) is 87.2 Å². The molecule has 32 nitrogen and oxygen atoms in total. The number of aromatic hydroxyl groups is 1. The first-order valence-electron chi connectivity index (χ1n) is 34.4. The Hall–Kier alpha value is -8.75. The number of hydrogen-bond acceptors (Lipinski definition) is 20. The van der Waals surface area contributed by atoms with Crippen molar-refractivity contribution < 1.29 is 78.0 Å². The number of hydrogen-bond donors (Lipinski definition) is 17. The van der Waals surface area contributed by atoms with Gasteiger partial charge in [0.05, 0.1) is 55.4 Å². The van der Waals surface area contributed by atoms with Gasteiger partial charge in [0.25, 0.3) is 0 Å². The van der Waals surface area contributed by atoms with Gasteiger partial charge in [-0.15, -0.1) is 0 Å². The highest BCUT2D eigenvalue weighted by molar-refractivity contribution is 5.99. The number of unbranched alkanes of at least 4 members (excludes halogenated alkanes) is 2. The van der Waals surface area contributed by atoms with E-state index in [4.69, 9.17) is 40.1 Å². The maximum Gasteiger partial charge on any atom is 0.304 e. The Labute approximate surface area is 584 Å². The first-order valence-corrected chi connectivity index (χ1v) is 34.4. The average molecular weight is 1410 g/mol. The van der Waals surface area contributed by atoms with Crippen LogP contribution in [0.4, 0.5) is 0 Å². The van der Waals surface area contributed by atoms with Crippen LogP contribution >= 0.6 is 0 Å². The highest BCUT2D eigenvalue weighted by Gasteiger charge is 2.39.